The normalized spacial score (nSPS) is 11.7. The van der Waals surface area contributed by atoms with Crippen LogP contribution in [0.25, 0.3) is 10.1 Å². The Morgan fingerprint density at radius 2 is 1.89 bits per heavy atom. The molecule has 142 valence electrons. The minimum Gasteiger partial charge on any atom is -0.492 e. The zero-order chi connectivity index (χ0) is 19.6. The number of anilines is 1. The molecule has 27 heavy (non-hydrogen) atoms. The van der Waals surface area contributed by atoms with Gasteiger partial charge in [0, 0.05) is 24.5 Å². The average Bonchev–Trinajstić information content (AvgIpc) is 3.07. The van der Waals surface area contributed by atoms with E-state index in [1.165, 1.54) is 31.5 Å². The summed E-state index contributed by atoms with van der Waals surface area (Å²) in [6.07, 6.45) is 0. The molecule has 0 unspecified atom stereocenters. The molecule has 3 aromatic rings. The van der Waals surface area contributed by atoms with E-state index in [-0.39, 0.29) is 16.6 Å². The summed E-state index contributed by atoms with van der Waals surface area (Å²) < 4.78 is 32.8. The van der Waals surface area contributed by atoms with Crippen molar-refractivity contribution in [2.45, 2.75) is 11.8 Å². The van der Waals surface area contributed by atoms with Gasteiger partial charge in [0.2, 0.25) is 10.0 Å². The van der Waals surface area contributed by atoms with E-state index in [4.69, 9.17) is 4.74 Å². The minimum atomic E-state index is -3.71. The molecule has 0 aliphatic rings. The number of benzene rings is 2. The molecule has 0 spiro atoms. The molecule has 1 N–H and O–H groups in total. The van der Waals surface area contributed by atoms with Crippen molar-refractivity contribution in [2.24, 2.45) is 0 Å². The van der Waals surface area contributed by atoms with Gasteiger partial charge in [0.15, 0.2) is 0 Å². The van der Waals surface area contributed by atoms with Crippen molar-refractivity contribution in [1.29, 1.82) is 0 Å². The summed E-state index contributed by atoms with van der Waals surface area (Å²) in [6.45, 7) is 2.12. The van der Waals surface area contributed by atoms with Crippen molar-refractivity contribution in [3.05, 3.63) is 53.4 Å². The number of carbonyl (C=O) groups is 1. The Kier molecular flexibility index (Phi) is 5.50. The van der Waals surface area contributed by atoms with Gasteiger partial charge in [-0.05, 0) is 42.6 Å². The van der Waals surface area contributed by atoms with Crippen molar-refractivity contribution in [3.8, 4) is 5.75 Å². The molecule has 6 nitrogen and oxygen atoms in total. The van der Waals surface area contributed by atoms with E-state index < -0.39 is 10.0 Å². The van der Waals surface area contributed by atoms with Crippen molar-refractivity contribution in [2.75, 3.05) is 26.0 Å². The molecule has 3 rings (SSSR count). The Bertz CT molecular complexity index is 1060. The molecule has 0 saturated carbocycles. The first-order chi connectivity index (χ1) is 12.8. The molecule has 1 aromatic heterocycles. The summed E-state index contributed by atoms with van der Waals surface area (Å²) in [5, 5.41) is 3.77. The summed E-state index contributed by atoms with van der Waals surface area (Å²) in [7, 11) is -0.810. The lowest BCUT2D eigenvalue weighted by atomic mass is 10.2. The SMILES string of the molecule is CCOc1ccc(NC(=O)c2cc3ccccc3s2)cc1S(=O)(=O)N(C)C. The number of hydrogen-bond donors (Lipinski definition) is 1. The lowest BCUT2D eigenvalue weighted by Gasteiger charge is -2.16. The molecule has 0 aliphatic heterocycles. The zero-order valence-electron chi connectivity index (χ0n) is 15.2. The van der Waals surface area contributed by atoms with Crippen LogP contribution in [0.1, 0.15) is 16.6 Å². The highest BCUT2D eigenvalue weighted by molar-refractivity contribution is 7.89. The fraction of sp³-hybridized carbons (Fsp3) is 0.211. The van der Waals surface area contributed by atoms with Crippen LogP contribution in [0.15, 0.2) is 53.4 Å². The van der Waals surface area contributed by atoms with Gasteiger partial charge in [-0.25, -0.2) is 12.7 Å². The molecular weight excluding hydrogens is 384 g/mol. The highest BCUT2D eigenvalue weighted by atomic mass is 32.2. The summed E-state index contributed by atoms with van der Waals surface area (Å²) in [4.78, 5) is 13.2. The molecule has 0 saturated heterocycles. The molecule has 8 heteroatoms. The lowest BCUT2D eigenvalue weighted by molar-refractivity contribution is 0.103. The maximum absolute atomic E-state index is 12.6. The molecule has 2 aromatic carbocycles. The molecular formula is C19H20N2O4S2. The van der Waals surface area contributed by atoms with Crippen LogP contribution in [0.2, 0.25) is 0 Å². The second-order valence-corrected chi connectivity index (χ2v) is 9.19. The number of amides is 1. The van der Waals surface area contributed by atoms with Gasteiger partial charge in [-0.3, -0.25) is 4.79 Å². The Labute approximate surface area is 162 Å². The van der Waals surface area contributed by atoms with Crippen molar-refractivity contribution in [3.63, 3.8) is 0 Å². The number of nitrogens with one attached hydrogen (secondary N) is 1. The molecule has 1 heterocycles. The number of nitrogens with zero attached hydrogens (tertiary/aromatic N) is 1. The van der Waals surface area contributed by atoms with Crippen LogP contribution >= 0.6 is 11.3 Å². The molecule has 1 amide bonds. The number of ether oxygens (including phenoxy) is 1. The topological polar surface area (TPSA) is 75.7 Å². The predicted octanol–water partition coefficient (Wildman–Crippen LogP) is 3.80. The maximum Gasteiger partial charge on any atom is 0.265 e. The largest absolute Gasteiger partial charge is 0.492 e. The number of fused-ring (bicyclic) bond motifs is 1. The third-order valence-electron chi connectivity index (χ3n) is 3.91. The standard InChI is InChI=1S/C19H20N2O4S2/c1-4-25-15-10-9-14(12-18(15)27(23,24)21(2)3)20-19(22)17-11-13-7-5-6-8-16(13)26-17/h5-12H,4H2,1-3H3,(H,20,22). The van der Waals surface area contributed by atoms with E-state index in [0.29, 0.717) is 17.2 Å². The van der Waals surface area contributed by atoms with Crippen molar-refractivity contribution in [1.82, 2.24) is 4.31 Å². The molecule has 0 aliphatic carbocycles. The molecule has 0 fully saturated rings. The van der Waals surface area contributed by atoms with Crippen LogP contribution in [-0.4, -0.2) is 39.3 Å². The zero-order valence-corrected chi connectivity index (χ0v) is 16.9. The van der Waals surface area contributed by atoms with Gasteiger partial charge in [0.25, 0.3) is 5.91 Å². The fourth-order valence-electron chi connectivity index (χ4n) is 2.55. The maximum atomic E-state index is 12.6. The molecule has 0 atom stereocenters. The van der Waals surface area contributed by atoms with Crippen LogP contribution < -0.4 is 10.1 Å². The minimum absolute atomic E-state index is 0.0171. The highest BCUT2D eigenvalue weighted by Crippen LogP contribution is 2.30. The van der Waals surface area contributed by atoms with Gasteiger partial charge in [-0.1, -0.05) is 18.2 Å². The number of rotatable bonds is 6. The van der Waals surface area contributed by atoms with Crippen molar-refractivity contribution < 1.29 is 17.9 Å². The van der Waals surface area contributed by atoms with E-state index in [2.05, 4.69) is 5.32 Å². The quantitative estimate of drug-likeness (QED) is 0.678. The van der Waals surface area contributed by atoms with E-state index >= 15 is 0 Å². The van der Waals surface area contributed by atoms with Gasteiger partial charge in [-0.2, -0.15) is 0 Å². The second-order valence-electron chi connectivity index (χ2n) is 5.98. The van der Waals surface area contributed by atoms with Gasteiger partial charge in [0.1, 0.15) is 10.6 Å². The lowest BCUT2D eigenvalue weighted by Crippen LogP contribution is -2.23. The van der Waals surface area contributed by atoms with Crippen LogP contribution in [0.4, 0.5) is 5.69 Å². The van der Waals surface area contributed by atoms with Crippen LogP contribution in [0.3, 0.4) is 0 Å². The van der Waals surface area contributed by atoms with Gasteiger partial charge < -0.3 is 10.1 Å². The first kappa shape index (κ1) is 19.3. The number of carbonyl (C=O) groups excluding carboxylic acids is 1. The Balaban J connectivity index is 1.93. The van der Waals surface area contributed by atoms with E-state index in [1.807, 2.05) is 30.3 Å². The highest BCUT2D eigenvalue weighted by Gasteiger charge is 2.23. The van der Waals surface area contributed by atoms with E-state index in [1.54, 1.807) is 19.1 Å². The van der Waals surface area contributed by atoms with Crippen LogP contribution in [0, 0.1) is 0 Å². The van der Waals surface area contributed by atoms with Gasteiger partial charge in [-0.15, -0.1) is 11.3 Å². The van der Waals surface area contributed by atoms with Crippen LogP contribution in [0.5, 0.6) is 5.75 Å². The Morgan fingerprint density at radius 1 is 1.15 bits per heavy atom. The molecule has 0 radical (unpaired) electrons. The predicted molar refractivity (Wildman–Crippen MR) is 108 cm³/mol. The first-order valence-electron chi connectivity index (χ1n) is 8.32. The van der Waals surface area contributed by atoms with Gasteiger partial charge >= 0.3 is 0 Å². The van der Waals surface area contributed by atoms with E-state index in [9.17, 15) is 13.2 Å². The fourth-order valence-corrected chi connectivity index (χ4v) is 4.55. The summed E-state index contributed by atoms with van der Waals surface area (Å²) in [5.74, 6) is -0.0281. The first-order valence-corrected chi connectivity index (χ1v) is 10.6. The Morgan fingerprint density at radius 3 is 2.56 bits per heavy atom. The second kappa shape index (κ2) is 7.67. The van der Waals surface area contributed by atoms with E-state index in [0.717, 1.165) is 14.4 Å². The number of sulfonamides is 1. The smallest absolute Gasteiger partial charge is 0.265 e. The summed E-state index contributed by atoms with van der Waals surface area (Å²) in [5.41, 5.74) is 0.390. The summed E-state index contributed by atoms with van der Waals surface area (Å²) >= 11 is 1.39. The third kappa shape index (κ3) is 3.97. The number of thiophene rings is 1. The third-order valence-corrected chi connectivity index (χ3v) is 6.86. The Hall–Kier alpha value is -2.42. The molecule has 0 bridgehead atoms. The average molecular weight is 405 g/mol. The number of hydrogen-bond acceptors (Lipinski definition) is 5. The van der Waals surface area contributed by atoms with Crippen molar-refractivity contribution >= 4 is 43.0 Å². The summed E-state index contributed by atoms with van der Waals surface area (Å²) in [6, 6.07) is 14.2. The monoisotopic (exact) mass is 404 g/mol. The van der Waals surface area contributed by atoms with Gasteiger partial charge in [0.05, 0.1) is 11.5 Å². The van der Waals surface area contributed by atoms with Crippen LogP contribution in [-0.2, 0) is 10.0 Å².